The average Bonchev–Trinajstić information content (AvgIpc) is 3.08. The maximum atomic E-state index is 12.2. The molecule has 1 aliphatic rings. The number of carbonyl (C=O) groups excluding carboxylic acids is 1. The van der Waals surface area contributed by atoms with Crippen LogP contribution in [0.25, 0.3) is 11.3 Å². The molecule has 0 aliphatic heterocycles. The van der Waals surface area contributed by atoms with E-state index in [-0.39, 0.29) is 5.91 Å². The molecule has 0 bridgehead atoms. The van der Waals surface area contributed by atoms with Crippen molar-refractivity contribution in [3.05, 3.63) is 40.7 Å². The molecule has 116 valence electrons. The highest BCUT2D eigenvalue weighted by Crippen LogP contribution is 2.27. The highest BCUT2D eigenvalue weighted by molar-refractivity contribution is 7.07. The van der Waals surface area contributed by atoms with Crippen molar-refractivity contribution in [2.45, 2.75) is 37.7 Å². The number of benzene rings is 1. The van der Waals surface area contributed by atoms with Gasteiger partial charge in [-0.05, 0) is 25.0 Å². The highest BCUT2D eigenvalue weighted by Gasteiger charge is 2.29. The smallest absolute Gasteiger partial charge is 0.251 e. The molecular weight excluding hydrogens is 296 g/mol. The first-order valence-corrected chi connectivity index (χ1v) is 8.60. The summed E-state index contributed by atoms with van der Waals surface area (Å²) >= 11 is 1.55. The number of nitrogens with one attached hydrogen (secondary N) is 1. The normalized spacial score (nSPS) is 17.1. The van der Waals surface area contributed by atoms with Crippen LogP contribution in [0, 0.1) is 0 Å². The third-order valence-corrected chi connectivity index (χ3v) is 4.82. The van der Waals surface area contributed by atoms with Crippen molar-refractivity contribution < 1.29 is 9.90 Å². The first-order chi connectivity index (χ1) is 10.7. The predicted octanol–water partition coefficient (Wildman–Crippen LogP) is 3.24. The van der Waals surface area contributed by atoms with Crippen molar-refractivity contribution in [2.24, 2.45) is 0 Å². The van der Waals surface area contributed by atoms with E-state index in [0.717, 1.165) is 36.9 Å². The summed E-state index contributed by atoms with van der Waals surface area (Å²) < 4.78 is 0. The van der Waals surface area contributed by atoms with E-state index in [1.807, 2.05) is 17.5 Å². The third kappa shape index (κ3) is 3.54. The molecular formula is C17H20N2O2S. The summed E-state index contributed by atoms with van der Waals surface area (Å²) in [6.07, 6.45) is 4.80. The van der Waals surface area contributed by atoms with Crippen LogP contribution >= 0.6 is 11.3 Å². The fourth-order valence-corrected chi connectivity index (χ4v) is 3.44. The van der Waals surface area contributed by atoms with Gasteiger partial charge in [0.1, 0.15) is 0 Å². The molecule has 1 heterocycles. The second-order valence-electron chi connectivity index (χ2n) is 5.92. The number of amides is 1. The summed E-state index contributed by atoms with van der Waals surface area (Å²) in [5.74, 6) is -0.135. The van der Waals surface area contributed by atoms with Gasteiger partial charge in [-0.1, -0.05) is 31.4 Å². The Morgan fingerprint density at radius 1 is 1.23 bits per heavy atom. The third-order valence-electron chi connectivity index (χ3n) is 4.24. The number of hydrogen-bond donors (Lipinski definition) is 2. The Labute approximate surface area is 134 Å². The van der Waals surface area contributed by atoms with E-state index in [1.54, 1.807) is 29.0 Å². The Morgan fingerprint density at radius 3 is 2.59 bits per heavy atom. The van der Waals surface area contributed by atoms with Crippen LogP contribution in [-0.2, 0) is 0 Å². The van der Waals surface area contributed by atoms with Gasteiger partial charge in [0.25, 0.3) is 5.91 Å². The van der Waals surface area contributed by atoms with Crippen molar-refractivity contribution >= 4 is 17.2 Å². The van der Waals surface area contributed by atoms with Gasteiger partial charge >= 0.3 is 0 Å². The van der Waals surface area contributed by atoms with Gasteiger partial charge in [0, 0.05) is 23.1 Å². The minimum absolute atomic E-state index is 0.135. The molecule has 1 fully saturated rings. The van der Waals surface area contributed by atoms with E-state index < -0.39 is 5.60 Å². The molecule has 5 heteroatoms. The molecule has 3 rings (SSSR count). The maximum absolute atomic E-state index is 12.2. The molecule has 0 saturated heterocycles. The molecule has 0 atom stereocenters. The van der Waals surface area contributed by atoms with Crippen LogP contribution in [0.2, 0.25) is 0 Å². The monoisotopic (exact) mass is 316 g/mol. The number of nitrogens with zero attached hydrogens (tertiary/aromatic N) is 1. The zero-order valence-electron chi connectivity index (χ0n) is 12.4. The van der Waals surface area contributed by atoms with Crippen molar-refractivity contribution in [1.29, 1.82) is 0 Å². The van der Waals surface area contributed by atoms with Gasteiger partial charge in [-0.2, -0.15) is 0 Å². The van der Waals surface area contributed by atoms with E-state index in [4.69, 9.17) is 0 Å². The van der Waals surface area contributed by atoms with Crippen molar-refractivity contribution in [2.75, 3.05) is 6.54 Å². The molecule has 2 N–H and O–H groups in total. The first-order valence-electron chi connectivity index (χ1n) is 7.66. The molecule has 1 aromatic heterocycles. The second-order valence-corrected chi connectivity index (χ2v) is 6.64. The summed E-state index contributed by atoms with van der Waals surface area (Å²) in [7, 11) is 0. The number of aromatic nitrogens is 1. The number of carbonyl (C=O) groups is 1. The number of rotatable bonds is 4. The van der Waals surface area contributed by atoms with Crippen LogP contribution in [-0.4, -0.2) is 28.1 Å². The number of aliphatic hydroxyl groups is 1. The van der Waals surface area contributed by atoms with E-state index in [2.05, 4.69) is 10.3 Å². The Bertz CT molecular complexity index is 617. The second kappa shape index (κ2) is 6.58. The Balaban J connectivity index is 1.60. The molecule has 0 unspecified atom stereocenters. The van der Waals surface area contributed by atoms with Gasteiger partial charge < -0.3 is 10.4 Å². The van der Waals surface area contributed by atoms with Gasteiger partial charge in [0.15, 0.2) is 0 Å². The first kappa shape index (κ1) is 15.2. The highest BCUT2D eigenvalue weighted by atomic mass is 32.1. The standard InChI is InChI=1S/C17H20N2O2S/c20-16(18-11-17(21)8-2-1-3-9-17)14-6-4-13(5-7-14)15-10-22-12-19-15/h4-7,10,12,21H,1-3,8-9,11H2,(H,18,20). The summed E-state index contributed by atoms with van der Waals surface area (Å²) in [6, 6.07) is 7.41. The summed E-state index contributed by atoms with van der Waals surface area (Å²) in [5.41, 5.74) is 3.60. The van der Waals surface area contributed by atoms with Crippen LogP contribution in [0.3, 0.4) is 0 Å². The minimum atomic E-state index is -0.728. The van der Waals surface area contributed by atoms with E-state index in [1.165, 1.54) is 6.42 Å². The van der Waals surface area contributed by atoms with Gasteiger partial charge in [0.05, 0.1) is 16.8 Å². The quantitative estimate of drug-likeness (QED) is 0.910. The summed E-state index contributed by atoms with van der Waals surface area (Å²) in [4.78, 5) is 16.4. The maximum Gasteiger partial charge on any atom is 0.251 e. The van der Waals surface area contributed by atoms with E-state index in [9.17, 15) is 9.90 Å². The van der Waals surface area contributed by atoms with Crippen LogP contribution in [0.4, 0.5) is 0 Å². The molecule has 22 heavy (non-hydrogen) atoms. The fraction of sp³-hybridized carbons (Fsp3) is 0.412. The van der Waals surface area contributed by atoms with Crippen LogP contribution in [0.15, 0.2) is 35.2 Å². The van der Waals surface area contributed by atoms with Gasteiger partial charge in [-0.3, -0.25) is 4.79 Å². The largest absolute Gasteiger partial charge is 0.388 e. The number of thiazole rings is 1. The molecule has 1 aliphatic carbocycles. The molecule has 1 amide bonds. The van der Waals surface area contributed by atoms with Crippen LogP contribution in [0.5, 0.6) is 0 Å². The van der Waals surface area contributed by atoms with E-state index in [0.29, 0.717) is 12.1 Å². The van der Waals surface area contributed by atoms with E-state index >= 15 is 0 Å². The molecule has 1 aromatic carbocycles. The Kier molecular flexibility index (Phi) is 4.55. The molecule has 0 spiro atoms. The van der Waals surface area contributed by atoms with Crippen molar-refractivity contribution in [3.8, 4) is 11.3 Å². The van der Waals surface area contributed by atoms with Gasteiger partial charge in [-0.15, -0.1) is 11.3 Å². The predicted molar refractivity (Wildman–Crippen MR) is 87.9 cm³/mol. The SMILES string of the molecule is O=C(NCC1(O)CCCCC1)c1ccc(-c2cscn2)cc1. The van der Waals surface area contributed by atoms with Gasteiger partial charge in [0.2, 0.25) is 0 Å². The molecule has 1 saturated carbocycles. The van der Waals surface area contributed by atoms with Crippen LogP contribution < -0.4 is 5.32 Å². The van der Waals surface area contributed by atoms with Crippen LogP contribution in [0.1, 0.15) is 42.5 Å². The molecule has 4 nitrogen and oxygen atoms in total. The summed E-state index contributed by atoms with van der Waals surface area (Å²) in [6.45, 7) is 0.333. The zero-order valence-corrected chi connectivity index (χ0v) is 13.2. The lowest BCUT2D eigenvalue weighted by atomic mass is 9.85. The van der Waals surface area contributed by atoms with Crippen molar-refractivity contribution in [1.82, 2.24) is 10.3 Å². The molecule has 0 radical (unpaired) electrons. The molecule has 2 aromatic rings. The Morgan fingerprint density at radius 2 is 1.95 bits per heavy atom. The number of hydrogen-bond acceptors (Lipinski definition) is 4. The van der Waals surface area contributed by atoms with Gasteiger partial charge in [-0.25, -0.2) is 4.98 Å². The lowest BCUT2D eigenvalue weighted by molar-refractivity contribution is 0.00526. The lowest BCUT2D eigenvalue weighted by Gasteiger charge is -2.32. The topological polar surface area (TPSA) is 62.2 Å². The summed E-state index contributed by atoms with van der Waals surface area (Å²) in [5, 5.41) is 15.3. The minimum Gasteiger partial charge on any atom is -0.388 e. The average molecular weight is 316 g/mol. The zero-order chi connectivity index (χ0) is 15.4. The fourth-order valence-electron chi connectivity index (χ4n) is 2.88. The Hall–Kier alpha value is -1.72. The van der Waals surface area contributed by atoms with Crippen molar-refractivity contribution in [3.63, 3.8) is 0 Å². The lowest BCUT2D eigenvalue weighted by Crippen LogP contribution is -2.44.